The maximum atomic E-state index is 12.5. The van der Waals surface area contributed by atoms with E-state index in [-0.39, 0.29) is 11.4 Å². The Balaban J connectivity index is 1.57. The van der Waals surface area contributed by atoms with Crippen LogP contribution in [0.5, 0.6) is 23.0 Å². The molecule has 1 heterocycles. The first kappa shape index (κ1) is 23.9. The summed E-state index contributed by atoms with van der Waals surface area (Å²) in [5, 5.41) is 13.1. The molecule has 1 amide bonds. The SMILES string of the molecule is COc1ccnc(C(=O)N[C@@H](C)C(=O)O[C@@H](C)c2ccc(Oc3cccc(Cl)c3)cc2)c1O. The Kier molecular flexibility index (Phi) is 7.74. The highest BCUT2D eigenvalue weighted by Crippen LogP contribution is 2.28. The number of benzene rings is 2. The smallest absolute Gasteiger partial charge is 0.328 e. The first-order chi connectivity index (χ1) is 15.8. The molecule has 2 aromatic carbocycles. The highest BCUT2D eigenvalue weighted by molar-refractivity contribution is 6.30. The highest BCUT2D eigenvalue weighted by Gasteiger charge is 2.24. The minimum absolute atomic E-state index is 0.0989. The van der Waals surface area contributed by atoms with Gasteiger partial charge in [0.1, 0.15) is 23.6 Å². The van der Waals surface area contributed by atoms with Crippen molar-refractivity contribution in [2.75, 3.05) is 7.11 Å². The van der Waals surface area contributed by atoms with E-state index in [4.69, 9.17) is 25.8 Å². The molecule has 8 nitrogen and oxygen atoms in total. The fraction of sp³-hybridized carbons (Fsp3) is 0.208. The monoisotopic (exact) mass is 470 g/mol. The number of carbonyl (C=O) groups is 2. The lowest BCUT2D eigenvalue weighted by atomic mass is 10.1. The van der Waals surface area contributed by atoms with Crippen molar-refractivity contribution < 1.29 is 28.9 Å². The number of pyridine rings is 1. The van der Waals surface area contributed by atoms with Gasteiger partial charge >= 0.3 is 5.97 Å². The van der Waals surface area contributed by atoms with Gasteiger partial charge in [-0.2, -0.15) is 0 Å². The molecule has 0 bridgehead atoms. The Morgan fingerprint density at radius 2 is 1.79 bits per heavy atom. The van der Waals surface area contributed by atoms with Gasteiger partial charge in [0.2, 0.25) is 0 Å². The second-order valence-electron chi connectivity index (χ2n) is 7.11. The minimum Gasteiger partial charge on any atom is -0.503 e. The summed E-state index contributed by atoms with van der Waals surface area (Å²) in [6.07, 6.45) is 0.749. The fourth-order valence-corrected chi connectivity index (χ4v) is 3.09. The number of amides is 1. The molecular weight excluding hydrogens is 448 g/mol. The number of nitrogens with zero attached hydrogens (tertiary/aromatic N) is 1. The Morgan fingerprint density at radius 1 is 1.06 bits per heavy atom. The molecule has 1 aromatic heterocycles. The van der Waals surface area contributed by atoms with Crippen LogP contribution in [0.4, 0.5) is 0 Å². The average Bonchev–Trinajstić information content (AvgIpc) is 2.79. The number of methoxy groups -OCH3 is 1. The number of hydrogen-bond acceptors (Lipinski definition) is 7. The van der Waals surface area contributed by atoms with Gasteiger partial charge in [0, 0.05) is 17.3 Å². The molecule has 2 atom stereocenters. The van der Waals surface area contributed by atoms with E-state index in [2.05, 4.69) is 10.3 Å². The van der Waals surface area contributed by atoms with E-state index in [0.29, 0.717) is 16.5 Å². The number of aromatic nitrogens is 1. The first-order valence-corrected chi connectivity index (χ1v) is 10.4. The second kappa shape index (κ2) is 10.7. The summed E-state index contributed by atoms with van der Waals surface area (Å²) in [6.45, 7) is 3.20. The predicted molar refractivity (Wildman–Crippen MR) is 122 cm³/mol. The van der Waals surface area contributed by atoms with E-state index in [1.165, 1.54) is 26.3 Å². The number of halogens is 1. The van der Waals surface area contributed by atoms with Crippen molar-refractivity contribution in [1.29, 1.82) is 0 Å². The van der Waals surface area contributed by atoms with E-state index >= 15 is 0 Å². The molecular formula is C24H23ClN2O6. The zero-order valence-electron chi connectivity index (χ0n) is 18.2. The predicted octanol–water partition coefficient (Wildman–Crippen LogP) is 4.66. The Morgan fingerprint density at radius 3 is 2.45 bits per heavy atom. The Labute approximate surface area is 196 Å². The third-order valence-corrected chi connectivity index (χ3v) is 4.93. The van der Waals surface area contributed by atoms with Gasteiger partial charge in [-0.3, -0.25) is 4.79 Å². The zero-order valence-corrected chi connectivity index (χ0v) is 19.0. The minimum atomic E-state index is -0.974. The molecule has 0 saturated carbocycles. The van der Waals surface area contributed by atoms with Crippen molar-refractivity contribution >= 4 is 23.5 Å². The van der Waals surface area contributed by atoms with E-state index in [0.717, 1.165) is 5.56 Å². The number of nitrogens with one attached hydrogen (secondary N) is 1. The van der Waals surface area contributed by atoms with Crippen LogP contribution in [-0.2, 0) is 9.53 Å². The molecule has 33 heavy (non-hydrogen) atoms. The van der Waals surface area contributed by atoms with Gasteiger partial charge in [0.25, 0.3) is 5.91 Å². The molecule has 3 aromatic rings. The van der Waals surface area contributed by atoms with Gasteiger partial charge < -0.3 is 24.6 Å². The lowest BCUT2D eigenvalue weighted by molar-refractivity contribution is -0.150. The zero-order chi connectivity index (χ0) is 24.0. The molecule has 0 spiro atoms. The number of esters is 1. The maximum absolute atomic E-state index is 12.5. The standard InChI is InChI=1S/C24H23ClN2O6/c1-14(27-23(29)21-22(28)20(31-3)11-12-26-21)24(30)32-15(2)16-7-9-18(10-8-16)33-19-6-4-5-17(25)13-19/h4-15,28H,1-3H3,(H,27,29)/t14-,15-/m0/s1. The quantitative estimate of drug-likeness (QED) is 0.461. The van der Waals surface area contributed by atoms with Crippen molar-refractivity contribution in [2.24, 2.45) is 0 Å². The molecule has 0 aliphatic carbocycles. The van der Waals surface area contributed by atoms with Crippen LogP contribution in [0.2, 0.25) is 5.02 Å². The van der Waals surface area contributed by atoms with Crippen molar-refractivity contribution in [3.63, 3.8) is 0 Å². The van der Waals surface area contributed by atoms with Gasteiger partial charge in [-0.05, 0) is 49.7 Å². The molecule has 0 aliphatic heterocycles. The Hall–Kier alpha value is -3.78. The van der Waals surface area contributed by atoms with Crippen LogP contribution in [0.3, 0.4) is 0 Å². The van der Waals surface area contributed by atoms with Crippen LogP contribution in [0.1, 0.15) is 36.0 Å². The molecule has 0 radical (unpaired) electrons. The summed E-state index contributed by atoms with van der Waals surface area (Å²) in [5.41, 5.74) is 0.491. The van der Waals surface area contributed by atoms with Crippen LogP contribution in [0.15, 0.2) is 60.8 Å². The van der Waals surface area contributed by atoms with Gasteiger partial charge in [-0.25, -0.2) is 9.78 Å². The van der Waals surface area contributed by atoms with Crippen molar-refractivity contribution in [3.8, 4) is 23.0 Å². The molecule has 3 rings (SSSR count). The largest absolute Gasteiger partial charge is 0.503 e. The van der Waals surface area contributed by atoms with E-state index in [1.54, 1.807) is 55.5 Å². The number of rotatable bonds is 8. The van der Waals surface area contributed by atoms with E-state index < -0.39 is 29.8 Å². The summed E-state index contributed by atoms with van der Waals surface area (Å²) in [6, 6.07) is 14.5. The van der Waals surface area contributed by atoms with Crippen LogP contribution in [0, 0.1) is 0 Å². The summed E-state index contributed by atoms with van der Waals surface area (Å²) in [4.78, 5) is 28.7. The molecule has 0 aliphatic rings. The molecule has 2 N–H and O–H groups in total. The van der Waals surface area contributed by atoms with Crippen LogP contribution in [0.25, 0.3) is 0 Å². The molecule has 0 saturated heterocycles. The van der Waals surface area contributed by atoms with Crippen molar-refractivity contribution in [2.45, 2.75) is 26.0 Å². The highest BCUT2D eigenvalue weighted by atomic mass is 35.5. The second-order valence-corrected chi connectivity index (χ2v) is 7.55. The van der Waals surface area contributed by atoms with Crippen LogP contribution < -0.4 is 14.8 Å². The van der Waals surface area contributed by atoms with Crippen LogP contribution in [-0.4, -0.2) is 35.1 Å². The Bertz CT molecular complexity index is 1140. The summed E-state index contributed by atoms with van der Waals surface area (Å²) in [5.74, 6) is -0.474. The van der Waals surface area contributed by atoms with Gasteiger partial charge in [0.05, 0.1) is 7.11 Å². The van der Waals surface area contributed by atoms with Gasteiger partial charge in [-0.15, -0.1) is 0 Å². The van der Waals surface area contributed by atoms with Crippen molar-refractivity contribution in [1.82, 2.24) is 10.3 Å². The third kappa shape index (κ3) is 6.14. The number of aromatic hydroxyl groups is 1. The average molecular weight is 471 g/mol. The van der Waals surface area contributed by atoms with Crippen LogP contribution >= 0.6 is 11.6 Å². The molecule has 172 valence electrons. The number of ether oxygens (including phenoxy) is 3. The maximum Gasteiger partial charge on any atom is 0.328 e. The van der Waals surface area contributed by atoms with Gasteiger partial charge in [-0.1, -0.05) is 29.8 Å². The van der Waals surface area contributed by atoms with Gasteiger partial charge in [0.15, 0.2) is 17.2 Å². The molecule has 0 unspecified atom stereocenters. The fourth-order valence-electron chi connectivity index (χ4n) is 2.91. The molecule has 9 heteroatoms. The summed E-state index contributed by atoms with van der Waals surface area (Å²) < 4.78 is 16.2. The summed E-state index contributed by atoms with van der Waals surface area (Å²) in [7, 11) is 1.36. The normalized spacial score (nSPS) is 12.4. The third-order valence-electron chi connectivity index (χ3n) is 4.70. The number of hydrogen-bond donors (Lipinski definition) is 2. The first-order valence-electron chi connectivity index (χ1n) is 10.0. The number of carbonyl (C=O) groups excluding carboxylic acids is 2. The lowest BCUT2D eigenvalue weighted by Crippen LogP contribution is -2.40. The van der Waals surface area contributed by atoms with E-state index in [1.807, 2.05) is 0 Å². The molecule has 0 fully saturated rings. The summed E-state index contributed by atoms with van der Waals surface area (Å²) >= 11 is 5.96. The van der Waals surface area contributed by atoms with Crippen molar-refractivity contribution in [3.05, 3.63) is 77.1 Å². The van der Waals surface area contributed by atoms with E-state index in [9.17, 15) is 14.7 Å². The topological polar surface area (TPSA) is 107 Å². The lowest BCUT2D eigenvalue weighted by Gasteiger charge is -2.18.